The molecule has 1 aliphatic carbocycles. The molecule has 0 atom stereocenters. The monoisotopic (exact) mass is 268 g/mol. The Morgan fingerprint density at radius 1 is 1.25 bits per heavy atom. The number of carbonyl (C=O) groups is 1. The van der Waals surface area contributed by atoms with Gasteiger partial charge in [-0.2, -0.15) is 0 Å². The number of amides is 1. The normalized spacial score (nSPS) is 15.1. The molecule has 0 unspecified atom stereocenters. The lowest BCUT2D eigenvalue weighted by Gasteiger charge is -2.13. The number of benzene rings is 1. The average molecular weight is 268 g/mol. The smallest absolute Gasteiger partial charge is 0.251 e. The van der Waals surface area contributed by atoms with Crippen molar-refractivity contribution in [3.05, 3.63) is 47.7 Å². The van der Waals surface area contributed by atoms with Gasteiger partial charge in [0.05, 0.1) is 0 Å². The van der Waals surface area contributed by atoms with E-state index >= 15 is 0 Å². The number of H-pyrrole nitrogens is 1. The molecule has 3 nitrogen and oxygen atoms in total. The van der Waals surface area contributed by atoms with E-state index in [-0.39, 0.29) is 5.91 Å². The third kappa shape index (κ3) is 2.93. The van der Waals surface area contributed by atoms with Gasteiger partial charge in [0.1, 0.15) is 0 Å². The molecule has 1 aliphatic rings. The number of hydrogen-bond donors (Lipinski definition) is 2. The van der Waals surface area contributed by atoms with E-state index in [4.69, 9.17) is 0 Å². The molecule has 3 rings (SSSR count). The van der Waals surface area contributed by atoms with Crippen LogP contribution in [0, 0.1) is 0 Å². The van der Waals surface area contributed by atoms with E-state index in [0.29, 0.717) is 0 Å². The molecule has 0 bridgehead atoms. The fraction of sp³-hybridized carbons (Fsp3) is 0.353. The van der Waals surface area contributed by atoms with Gasteiger partial charge in [-0.15, -0.1) is 0 Å². The molecule has 3 heteroatoms. The van der Waals surface area contributed by atoms with Gasteiger partial charge in [-0.25, -0.2) is 0 Å². The molecule has 0 spiro atoms. The zero-order chi connectivity index (χ0) is 13.8. The quantitative estimate of drug-likeness (QED) is 0.814. The predicted octanol–water partition coefficient (Wildman–Crippen LogP) is 3.79. The molecule has 1 aromatic carbocycles. The number of aromatic amines is 1. The minimum Gasteiger partial charge on any atom is -0.361 e. The second-order valence-corrected chi connectivity index (χ2v) is 5.39. The minimum atomic E-state index is 0.0120. The van der Waals surface area contributed by atoms with E-state index in [9.17, 15) is 4.79 Å². The second kappa shape index (κ2) is 5.95. The van der Waals surface area contributed by atoms with E-state index in [1.807, 2.05) is 30.5 Å². The molecule has 104 valence electrons. The fourth-order valence-corrected chi connectivity index (χ4v) is 2.76. The van der Waals surface area contributed by atoms with E-state index in [0.717, 1.165) is 29.4 Å². The number of fused-ring (bicyclic) bond motifs is 1. The highest BCUT2D eigenvalue weighted by atomic mass is 16.1. The van der Waals surface area contributed by atoms with Crippen LogP contribution in [0.2, 0.25) is 0 Å². The van der Waals surface area contributed by atoms with Crippen molar-refractivity contribution < 1.29 is 4.79 Å². The van der Waals surface area contributed by atoms with Crippen LogP contribution in [-0.4, -0.2) is 17.4 Å². The Hall–Kier alpha value is -2.03. The largest absolute Gasteiger partial charge is 0.361 e. The van der Waals surface area contributed by atoms with Gasteiger partial charge < -0.3 is 10.3 Å². The van der Waals surface area contributed by atoms with Gasteiger partial charge in [0, 0.05) is 23.8 Å². The Bertz CT molecular complexity index is 639. The van der Waals surface area contributed by atoms with Crippen LogP contribution < -0.4 is 5.32 Å². The van der Waals surface area contributed by atoms with Gasteiger partial charge in [0.15, 0.2) is 0 Å². The molecule has 0 fully saturated rings. The molecular formula is C17H20N2O. The van der Waals surface area contributed by atoms with Crippen molar-refractivity contribution in [2.24, 2.45) is 0 Å². The Balaban J connectivity index is 1.57. The number of rotatable bonds is 4. The number of hydrogen-bond acceptors (Lipinski definition) is 1. The highest BCUT2D eigenvalue weighted by molar-refractivity contribution is 5.97. The van der Waals surface area contributed by atoms with Crippen LogP contribution in [0.5, 0.6) is 0 Å². The van der Waals surface area contributed by atoms with Gasteiger partial charge in [0.25, 0.3) is 5.91 Å². The molecule has 2 N–H and O–H groups in total. The minimum absolute atomic E-state index is 0.0120. The average Bonchev–Trinajstić information content (AvgIpc) is 2.95. The van der Waals surface area contributed by atoms with Crippen molar-refractivity contribution in [1.82, 2.24) is 10.3 Å². The summed E-state index contributed by atoms with van der Waals surface area (Å²) < 4.78 is 0. The van der Waals surface area contributed by atoms with Crippen LogP contribution in [0.3, 0.4) is 0 Å². The highest BCUT2D eigenvalue weighted by Gasteiger charge is 2.08. The first-order chi connectivity index (χ1) is 9.83. The zero-order valence-electron chi connectivity index (χ0n) is 11.6. The summed E-state index contributed by atoms with van der Waals surface area (Å²) in [6, 6.07) is 7.77. The van der Waals surface area contributed by atoms with E-state index in [2.05, 4.69) is 16.4 Å². The van der Waals surface area contributed by atoms with Crippen molar-refractivity contribution in [3.8, 4) is 0 Å². The van der Waals surface area contributed by atoms with Crippen molar-refractivity contribution in [2.45, 2.75) is 32.1 Å². The summed E-state index contributed by atoms with van der Waals surface area (Å²) in [6.45, 7) is 0.730. The maximum Gasteiger partial charge on any atom is 0.251 e. The first-order valence-electron chi connectivity index (χ1n) is 7.36. The highest BCUT2D eigenvalue weighted by Crippen LogP contribution is 2.19. The molecule has 0 saturated carbocycles. The van der Waals surface area contributed by atoms with Gasteiger partial charge in [0.2, 0.25) is 0 Å². The standard InChI is InChI=1S/C17H20N2O/c20-17(19-10-8-13-4-2-1-3-5-13)15-7-6-14-9-11-18-16(14)12-15/h4,6-7,9,11-12,18H,1-3,5,8,10H2,(H,19,20). The van der Waals surface area contributed by atoms with Crippen LogP contribution >= 0.6 is 0 Å². The summed E-state index contributed by atoms with van der Waals surface area (Å²) in [5, 5.41) is 4.14. The van der Waals surface area contributed by atoms with Crippen molar-refractivity contribution >= 4 is 16.8 Å². The number of aromatic nitrogens is 1. The summed E-state index contributed by atoms with van der Waals surface area (Å²) >= 11 is 0. The molecule has 0 radical (unpaired) electrons. The fourth-order valence-electron chi connectivity index (χ4n) is 2.76. The second-order valence-electron chi connectivity index (χ2n) is 5.39. The summed E-state index contributed by atoms with van der Waals surface area (Å²) in [4.78, 5) is 15.2. The molecule has 0 aliphatic heterocycles. The van der Waals surface area contributed by atoms with Crippen LogP contribution in [0.1, 0.15) is 42.5 Å². The first-order valence-corrected chi connectivity index (χ1v) is 7.36. The summed E-state index contributed by atoms with van der Waals surface area (Å²) in [5.74, 6) is 0.0120. The van der Waals surface area contributed by atoms with Gasteiger partial charge in [-0.1, -0.05) is 17.7 Å². The molecule has 2 aromatic rings. The Morgan fingerprint density at radius 3 is 3.05 bits per heavy atom. The van der Waals surface area contributed by atoms with E-state index < -0.39 is 0 Å². The molecule has 1 heterocycles. The number of carbonyl (C=O) groups excluding carboxylic acids is 1. The number of allylic oxidation sites excluding steroid dienone is 1. The van der Waals surface area contributed by atoms with Gasteiger partial charge >= 0.3 is 0 Å². The predicted molar refractivity (Wildman–Crippen MR) is 81.8 cm³/mol. The Morgan fingerprint density at radius 2 is 2.20 bits per heavy atom. The zero-order valence-corrected chi connectivity index (χ0v) is 11.6. The molecular weight excluding hydrogens is 248 g/mol. The van der Waals surface area contributed by atoms with Crippen LogP contribution in [0.15, 0.2) is 42.1 Å². The SMILES string of the molecule is O=C(NCCC1=CCCCC1)c1ccc2cc[nH]c2c1. The third-order valence-corrected chi connectivity index (χ3v) is 3.93. The first kappa shape index (κ1) is 13.0. The van der Waals surface area contributed by atoms with E-state index in [1.165, 1.54) is 31.3 Å². The molecule has 1 amide bonds. The van der Waals surface area contributed by atoms with Gasteiger partial charge in [-0.3, -0.25) is 4.79 Å². The molecule has 1 aromatic heterocycles. The van der Waals surface area contributed by atoms with Crippen molar-refractivity contribution in [1.29, 1.82) is 0 Å². The summed E-state index contributed by atoms with van der Waals surface area (Å²) in [5.41, 5.74) is 3.22. The lowest BCUT2D eigenvalue weighted by Crippen LogP contribution is -2.24. The molecule has 20 heavy (non-hydrogen) atoms. The van der Waals surface area contributed by atoms with Crippen LogP contribution in [0.25, 0.3) is 10.9 Å². The maximum atomic E-state index is 12.1. The number of nitrogens with one attached hydrogen (secondary N) is 2. The summed E-state index contributed by atoms with van der Waals surface area (Å²) in [6.07, 6.45) is 10.2. The van der Waals surface area contributed by atoms with Gasteiger partial charge in [-0.05, 0) is 55.7 Å². The maximum absolute atomic E-state index is 12.1. The third-order valence-electron chi connectivity index (χ3n) is 3.93. The molecule has 0 saturated heterocycles. The van der Waals surface area contributed by atoms with Crippen molar-refractivity contribution in [3.63, 3.8) is 0 Å². The van der Waals surface area contributed by atoms with Crippen LogP contribution in [0.4, 0.5) is 0 Å². The van der Waals surface area contributed by atoms with Crippen LogP contribution in [-0.2, 0) is 0 Å². The van der Waals surface area contributed by atoms with E-state index in [1.54, 1.807) is 0 Å². The lowest BCUT2D eigenvalue weighted by molar-refractivity contribution is 0.0954. The Kier molecular flexibility index (Phi) is 3.86. The topological polar surface area (TPSA) is 44.9 Å². The van der Waals surface area contributed by atoms with Crippen molar-refractivity contribution in [2.75, 3.05) is 6.54 Å². The Labute approximate surface area is 119 Å². The lowest BCUT2D eigenvalue weighted by atomic mass is 9.97. The summed E-state index contributed by atoms with van der Waals surface area (Å²) in [7, 11) is 0.